The van der Waals surface area contributed by atoms with Crippen molar-refractivity contribution < 1.29 is 8.42 Å². The van der Waals surface area contributed by atoms with Crippen LogP contribution in [0.5, 0.6) is 0 Å². The van der Waals surface area contributed by atoms with Crippen molar-refractivity contribution in [2.45, 2.75) is 25.7 Å². The van der Waals surface area contributed by atoms with E-state index in [-0.39, 0.29) is 5.75 Å². The average molecular weight is 272 g/mol. The molecule has 102 valence electrons. The Morgan fingerprint density at radius 3 is 2.89 bits per heavy atom. The summed E-state index contributed by atoms with van der Waals surface area (Å²) >= 11 is 0. The van der Waals surface area contributed by atoms with Crippen LogP contribution in [0.25, 0.3) is 0 Å². The van der Waals surface area contributed by atoms with Crippen LogP contribution in [0.3, 0.4) is 0 Å². The molecule has 1 aromatic heterocycles. The van der Waals surface area contributed by atoms with E-state index >= 15 is 0 Å². The second-order valence-electron chi connectivity index (χ2n) is 5.05. The maximum absolute atomic E-state index is 11.2. The Hall–Kier alpha value is -0.950. The van der Waals surface area contributed by atoms with Gasteiger partial charge in [0, 0.05) is 25.3 Å². The number of piperidine rings is 1. The van der Waals surface area contributed by atoms with Gasteiger partial charge in [-0.3, -0.25) is 5.10 Å². The first-order chi connectivity index (χ1) is 8.44. The van der Waals surface area contributed by atoms with E-state index in [2.05, 4.69) is 20.1 Å². The van der Waals surface area contributed by atoms with E-state index in [1.165, 1.54) is 6.26 Å². The molecule has 6 nitrogen and oxygen atoms in total. The Kier molecular flexibility index (Phi) is 4.01. The highest BCUT2D eigenvalue weighted by molar-refractivity contribution is 7.90. The summed E-state index contributed by atoms with van der Waals surface area (Å²) in [5.41, 5.74) is 0. The lowest BCUT2D eigenvalue weighted by Crippen LogP contribution is -2.37. The average Bonchev–Trinajstić information content (AvgIpc) is 2.73. The monoisotopic (exact) mass is 272 g/mol. The molecule has 2 heterocycles. The van der Waals surface area contributed by atoms with Gasteiger partial charge in [0.25, 0.3) is 0 Å². The molecule has 7 heteroatoms. The number of nitrogens with zero attached hydrogens (tertiary/aromatic N) is 3. The molecule has 0 aliphatic carbocycles. The van der Waals surface area contributed by atoms with Gasteiger partial charge in [-0.15, -0.1) is 0 Å². The van der Waals surface area contributed by atoms with Gasteiger partial charge in [0.2, 0.25) is 0 Å². The minimum atomic E-state index is -2.88. The topological polar surface area (TPSA) is 79.0 Å². The van der Waals surface area contributed by atoms with Crippen LogP contribution in [0, 0.1) is 6.92 Å². The molecular formula is C11H20N4O2S. The van der Waals surface area contributed by atoms with E-state index in [1.807, 2.05) is 6.92 Å². The van der Waals surface area contributed by atoms with Crippen molar-refractivity contribution in [1.82, 2.24) is 20.1 Å². The predicted octanol–water partition coefficient (Wildman–Crippen LogP) is 0.337. The van der Waals surface area contributed by atoms with Gasteiger partial charge in [0.15, 0.2) is 5.82 Å². The molecule has 2 rings (SSSR count). The van der Waals surface area contributed by atoms with Crippen LogP contribution in [0.4, 0.5) is 0 Å². The van der Waals surface area contributed by atoms with Gasteiger partial charge in [-0.1, -0.05) is 0 Å². The highest BCUT2D eigenvalue weighted by Crippen LogP contribution is 2.24. The van der Waals surface area contributed by atoms with Gasteiger partial charge in [-0.2, -0.15) is 5.10 Å². The van der Waals surface area contributed by atoms with Crippen LogP contribution in [0.15, 0.2) is 0 Å². The first-order valence-corrected chi connectivity index (χ1v) is 8.29. The van der Waals surface area contributed by atoms with Crippen molar-refractivity contribution >= 4 is 9.84 Å². The molecule has 1 saturated heterocycles. The smallest absolute Gasteiger partial charge is 0.155 e. The maximum atomic E-state index is 11.2. The normalized spacial score (nSPS) is 22.2. The Morgan fingerprint density at radius 1 is 1.50 bits per heavy atom. The Labute approximate surface area is 108 Å². The third kappa shape index (κ3) is 3.78. The minimum Gasteiger partial charge on any atom is -0.302 e. The molecule has 18 heavy (non-hydrogen) atoms. The first-order valence-electron chi connectivity index (χ1n) is 6.23. The van der Waals surface area contributed by atoms with Crippen molar-refractivity contribution in [3.8, 4) is 0 Å². The van der Waals surface area contributed by atoms with E-state index < -0.39 is 9.84 Å². The number of aromatic amines is 1. The molecule has 0 bridgehead atoms. The van der Waals surface area contributed by atoms with Gasteiger partial charge in [0.05, 0.1) is 5.75 Å². The summed E-state index contributed by atoms with van der Waals surface area (Å²) in [7, 11) is -2.88. The summed E-state index contributed by atoms with van der Waals surface area (Å²) in [6, 6.07) is 0. The zero-order valence-corrected chi connectivity index (χ0v) is 11.7. The SMILES string of the molecule is Cc1nc(C2CCCN(CCS(C)(=O)=O)C2)n[nH]1. The third-order valence-corrected chi connectivity index (χ3v) is 4.19. The standard InChI is InChI=1S/C11H20N4O2S/c1-9-12-11(14-13-9)10-4-3-5-15(8-10)6-7-18(2,16)17/h10H,3-8H2,1-2H3,(H,12,13,14). The number of hydrogen-bond donors (Lipinski definition) is 1. The summed E-state index contributed by atoms with van der Waals surface area (Å²) in [4.78, 5) is 6.56. The molecule has 0 amide bonds. The van der Waals surface area contributed by atoms with Crippen molar-refractivity contribution in [1.29, 1.82) is 0 Å². The van der Waals surface area contributed by atoms with E-state index in [0.717, 1.165) is 37.6 Å². The van der Waals surface area contributed by atoms with Gasteiger partial charge < -0.3 is 4.90 Å². The molecule has 0 radical (unpaired) electrons. The molecule has 0 aromatic carbocycles. The summed E-state index contributed by atoms with van der Waals surface area (Å²) in [6.07, 6.45) is 3.43. The van der Waals surface area contributed by atoms with Gasteiger partial charge in [-0.25, -0.2) is 13.4 Å². The second kappa shape index (κ2) is 5.36. The van der Waals surface area contributed by atoms with Crippen molar-refractivity contribution in [3.63, 3.8) is 0 Å². The van der Waals surface area contributed by atoms with Crippen LogP contribution < -0.4 is 0 Å². The zero-order chi connectivity index (χ0) is 13.2. The Balaban J connectivity index is 1.92. The van der Waals surface area contributed by atoms with Crippen LogP contribution in [-0.2, 0) is 9.84 Å². The van der Waals surface area contributed by atoms with Crippen LogP contribution in [0.1, 0.15) is 30.4 Å². The molecule has 0 saturated carbocycles. The zero-order valence-electron chi connectivity index (χ0n) is 10.9. The third-order valence-electron chi connectivity index (χ3n) is 3.26. The maximum Gasteiger partial charge on any atom is 0.155 e. The Morgan fingerprint density at radius 2 is 2.28 bits per heavy atom. The molecule has 1 unspecified atom stereocenters. The molecule has 1 atom stereocenters. The van der Waals surface area contributed by atoms with E-state index in [4.69, 9.17) is 0 Å². The van der Waals surface area contributed by atoms with Crippen LogP contribution in [0.2, 0.25) is 0 Å². The molecule has 1 N–H and O–H groups in total. The molecule has 1 aliphatic heterocycles. The van der Waals surface area contributed by atoms with Crippen molar-refractivity contribution in [2.75, 3.05) is 31.6 Å². The minimum absolute atomic E-state index is 0.229. The lowest BCUT2D eigenvalue weighted by atomic mass is 9.97. The molecule has 1 fully saturated rings. The fourth-order valence-corrected chi connectivity index (χ4v) is 2.90. The number of rotatable bonds is 4. The van der Waals surface area contributed by atoms with Gasteiger partial charge in [0.1, 0.15) is 15.7 Å². The molecule has 1 aliphatic rings. The molecular weight excluding hydrogens is 252 g/mol. The summed E-state index contributed by atoms with van der Waals surface area (Å²) in [5, 5.41) is 7.06. The lowest BCUT2D eigenvalue weighted by Gasteiger charge is -2.31. The lowest BCUT2D eigenvalue weighted by molar-refractivity contribution is 0.215. The number of H-pyrrole nitrogens is 1. The summed E-state index contributed by atoms with van der Waals surface area (Å²) in [5.74, 6) is 2.24. The fourth-order valence-electron chi connectivity index (χ4n) is 2.31. The van der Waals surface area contributed by atoms with Crippen LogP contribution in [-0.4, -0.2) is 60.1 Å². The first kappa shape index (κ1) is 13.5. The molecule has 1 aromatic rings. The largest absolute Gasteiger partial charge is 0.302 e. The number of nitrogens with one attached hydrogen (secondary N) is 1. The highest BCUT2D eigenvalue weighted by atomic mass is 32.2. The number of aryl methyl sites for hydroxylation is 1. The Bertz CT molecular complexity index is 497. The number of aromatic nitrogens is 3. The van der Waals surface area contributed by atoms with E-state index in [1.54, 1.807) is 0 Å². The van der Waals surface area contributed by atoms with Gasteiger partial charge in [-0.05, 0) is 26.3 Å². The van der Waals surface area contributed by atoms with Gasteiger partial charge >= 0.3 is 0 Å². The number of hydrogen-bond acceptors (Lipinski definition) is 5. The predicted molar refractivity (Wildman–Crippen MR) is 69.2 cm³/mol. The highest BCUT2D eigenvalue weighted by Gasteiger charge is 2.24. The van der Waals surface area contributed by atoms with Crippen LogP contribution >= 0.6 is 0 Å². The van der Waals surface area contributed by atoms with E-state index in [0.29, 0.717) is 12.5 Å². The van der Waals surface area contributed by atoms with E-state index in [9.17, 15) is 8.42 Å². The number of sulfone groups is 1. The summed E-state index contributed by atoms with van der Waals surface area (Å²) in [6.45, 7) is 4.32. The quantitative estimate of drug-likeness (QED) is 0.855. The fraction of sp³-hybridized carbons (Fsp3) is 0.818. The van der Waals surface area contributed by atoms with Crippen molar-refractivity contribution in [3.05, 3.63) is 11.6 Å². The number of likely N-dealkylation sites (tertiary alicyclic amines) is 1. The molecule has 0 spiro atoms. The van der Waals surface area contributed by atoms with Crippen molar-refractivity contribution in [2.24, 2.45) is 0 Å². The summed E-state index contributed by atoms with van der Waals surface area (Å²) < 4.78 is 22.3. The second-order valence-corrected chi connectivity index (χ2v) is 7.31.